The molecule has 0 radical (unpaired) electrons. The van der Waals surface area contributed by atoms with Crippen LogP contribution in [0.3, 0.4) is 0 Å². The van der Waals surface area contributed by atoms with Crippen LogP contribution in [0.5, 0.6) is 0 Å². The molecule has 9 heteroatoms. The maximum Gasteiger partial charge on any atom is 0.342 e. The molecule has 1 aromatic carbocycles. The minimum atomic E-state index is -3.05. The van der Waals surface area contributed by atoms with Crippen LogP contribution in [0.25, 0.3) is 0 Å². The van der Waals surface area contributed by atoms with E-state index in [1.807, 2.05) is 48.7 Å². The lowest BCUT2D eigenvalue weighted by Gasteiger charge is -2.16. The van der Waals surface area contributed by atoms with Crippen LogP contribution in [0.15, 0.2) is 36.4 Å². The average Bonchev–Trinajstić information content (AvgIpc) is 3.38. The maximum absolute atomic E-state index is 12.9. The molecule has 1 atom stereocenters. The second-order valence-corrected chi connectivity index (χ2v) is 11.1. The van der Waals surface area contributed by atoms with E-state index in [1.165, 1.54) is 0 Å². The van der Waals surface area contributed by atoms with Crippen molar-refractivity contribution in [1.82, 2.24) is 14.3 Å². The Kier molecular flexibility index (Phi) is 6.49. The van der Waals surface area contributed by atoms with Gasteiger partial charge in [-0.3, -0.25) is 9.48 Å². The van der Waals surface area contributed by atoms with E-state index >= 15 is 0 Å². The van der Waals surface area contributed by atoms with Gasteiger partial charge in [-0.2, -0.15) is 5.10 Å². The standard InChI is InChI=1S/C25H29N3O5S/c1-16-12-22(18(3)28(16)21-10-11-34(31,32)15-21)23(29)14-33-25(30)24-17(2)26-27(19(24)4)13-20-8-6-5-7-9-20/h5-9,12,21H,10-11,13-15H2,1-4H3/t21-/m0/s1. The SMILES string of the molecule is Cc1nn(Cc2ccccc2)c(C)c1C(=O)OCC(=O)c1cc(C)n([C@H]2CCS(=O)(=O)C2)c1C. The fourth-order valence-corrected chi connectivity index (χ4v) is 6.48. The molecule has 1 aliphatic heterocycles. The molecule has 180 valence electrons. The molecule has 0 N–H and O–H groups in total. The summed E-state index contributed by atoms with van der Waals surface area (Å²) in [7, 11) is -3.05. The predicted molar refractivity (Wildman–Crippen MR) is 128 cm³/mol. The second kappa shape index (κ2) is 9.21. The van der Waals surface area contributed by atoms with Gasteiger partial charge in [-0.05, 0) is 45.7 Å². The maximum atomic E-state index is 12.9. The zero-order valence-corrected chi connectivity index (χ0v) is 20.7. The fourth-order valence-electron chi connectivity index (χ4n) is 4.78. The Balaban J connectivity index is 1.46. The highest BCUT2D eigenvalue weighted by atomic mass is 32.2. The molecule has 4 rings (SSSR count). The van der Waals surface area contributed by atoms with Crippen LogP contribution < -0.4 is 0 Å². The third kappa shape index (κ3) is 4.70. The number of aromatic nitrogens is 3. The van der Waals surface area contributed by atoms with Crippen LogP contribution in [0.2, 0.25) is 0 Å². The number of ketones is 1. The monoisotopic (exact) mass is 483 g/mol. The van der Waals surface area contributed by atoms with E-state index in [4.69, 9.17) is 4.74 Å². The van der Waals surface area contributed by atoms with Gasteiger partial charge in [-0.15, -0.1) is 0 Å². The highest BCUT2D eigenvalue weighted by Crippen LogP contribution is 2.29. The van der Waals surface area contributed by atoms with Crippen molar-refractivity contribution in [1.29, 1.82) is 0 Å². The van der Waals surface area contributed by atoms with Crippen molar-refractivity contribution >= 4 is 21.6 Å². The molecule has 3 aromatic rings. The Morgan fingerprint density at radius 1 is 1.09 bits per heavy atom. The Labute approximate surface area is 199 Å². The van der Waals surface area contributed by atoms with Gasteiger partial charge in [-0.1, -0.05) is 30.3 Å². The van der Waals surface area contributed by atoms with E-state index in [0.717, 1.165) is 11.3 Å². The van der Waals surface area contributed by atoms with Gasteiger partial charge in [0, 0.05) is 23.0 Å². The Bertz CT molecular complexity index is 1350. The summed E-state index contributed by atoms with van der Waals surface area (Å²) < 4.78 is 32.9. The number of carbonyl (C=O) groups excluding carboxylic acids is 2. The lowest BCUT2D eigenvalue weighted by atomic mass is 10.1. The number of carbonyl (C=O) groups is 2. The summed E-state index contributed by atoms with van der Waals surface area (Å²) in [5, 5.41) is 4.48. The molecule has 0 bridgehead atoms. The van der Waals surface area contributed by atoms with Gasteiger partial charge in [0.15, 0.2) is 16.4 Å². The quantitative estimate of drug-likeness (QED) is 0.377. The van der Waals surface area contributed by atoms with Gasteiger partial charge >= 0.3 is 5.97 Å². The van der Waals surface area contributed by atoms with Crippen molar-refractivity contribution in [3.05, 3.63) is 75.9 Å². The predicted octanol–water partition coefficient (Wildman–Crippen LogP) is 3.37. The van der Waals surface area contributed by atoms with Gasteiger partial charge in [0.05, 0.1) is 29.4 Å². The first kappa shape index (κ1) is 23.9. The van der Waals surface area contributed by atoms with Crippen LogP contribution in [-0.4, -0.2) is 52.6 Å². The van der Waals surface area contributed by atoms with E-state index in [1.54, 1.807) is 24.6 Å². The number of hydrogen-bond donors (Lipinski definition) is 0. The van der Waals surface area contributed by atoms with Crippen LogP contribution in [-0.2, 0) is 21.1 Å². The van der Waals surface area contributed by atoms with E-state index in [0.29, 0.717) is 41.2 Å². The molecule has 1 aliphatic rings. The van der Waals surface area contributed by atoms with Gasteiger partial charge in [0.2, 0.25) is 5.78 Å². The van der Waals surface area contributed by atoms with Gasteiger partial charge < -0.3 is 9.30 Å². The Morgan fingerprint density at radius 2 is 1.79 bits per heavy atom. The summed E-state index contributed by atoms with van der Waals surface area (Å²) >= 11 is 0. The summed E-state index contributed by atoms with van der Waals surface area (Å²) in [6.07, 6.45) is 0.535. The number of esters is 1. The number of Topliss-reactive ketones (excluding diaryl/α,β-unsaturated/α-hetero) is 1. The number of nitrogens with zero attached hydrogens (tertiary/aromatic N) is 3. The van der Waals surface area contributed by atoms with Crippen molar-refractivity contribution in [2.45, 2.75) is 46.7 Å². The summed E-state index contributed by atoms with van der Waals surface area (Å²) in [6.45, 7) is 7.35. The van der Waals surface area contributed by atoms with Crippen LogP contribution in [0, 0.1) is 27.7 Å². The molecular weight excluding hydrogens is 454 g/mol. The van der Waals surface area contributed by atoms with Crippen molar-refractivity contribution in [2.75, 3.05) is 18.1 Å². The van der Waals surface area contributed by atoms with Gasteiger partial charge in [0.25, 0.3) is 0 Å². The lowest BCUT2D eigenvalue weighted by molar-refractivity contribution is 0.0473. The fraction of sp³-hybridized carbons (Fsp3) is 0.400. The van der Waals surface area contributed by atoms with Gasteiger partial charge in [-0.25, -0.2) is 13.2 Å². The molecule has 1 fully saturated rings. The van der Waals surface area contributed by atoms with Crippen LogP contribution in [0.4, 0.5) is 0 Å². The molecule has 2 aromatic heterocycles. The molecule has 0 saturated carbocycles. The smallest absolute Gasteiger partial charge is 0.342 e. The number of sulfone groups is 1. The number of benzene rings is 1. The minimum absolute atomic E-state index is 0.0809. The van der Waals surface area contributed by atoms with Gasteiger partial charge in [0.1, 0.15) is 5.56 Å². The molecule has 0 amide bonds. The summed E-state index contributed by atoms with van der Waals surface area (Å²) in [6, 6.07) is 11.4. The summed E-state index contributed by atoms with van der Waals surface area (Å²) in [5.74, 6) is -0.664. The molecule has 0 spiro atoms. The summed E-state index contributed by atoms with van der Waals surface area (Å²) in [4.78, 5) is 25.7. The first-order valence-electron chi connectivity index (χ1n) is 11.2. The first-order valence-corrected chi connectivity index (χ1v) is 13.1. The topological polar surface area (TPSA) is 100 Å². The first-order chi connectivity index (χ1) is 16.1. The van der Waals surface area contributed by atoms with Crippen molar-refractivity contribution in [2.24, 2.45) is 0 Å². The van der Waals surface area contributed by atoms with Crippen LogP contribution >= 0.6 is 0 Å². The Morgan fingerprint density at radius 3 is 2.44 bits per heavy atom. The van der Waals surface area contributed by atoms with Crippen molar-refractivity contribution in [3.8, 4) is 0 Å². The molecule has 0 unspecified atom stereocenters. The molecule has 8 nitrogen and oxygen atoms in total. The molecule has 34 heavy (non-hydrogen) atoms. The van der Waals surface area contributed by atoms with Crippen molar-refractivity contribution < 1.29 is 22.7 Å². The van der Waals surface area contributed by atoms with E-state index < -0.39 is 22.4 Å². The molecule has 3 heterocycles. The normalized spacial score (nSPS) is 17.1. The highest BCUT2D eigenvalue weighted by molar-refractivity contribution is 7.91. The van der Waals surface area contributed by atoms with Crippen molar-refractivity contribution in [3.63, 3.8) is 0 Å². The van der Waals surface area contributed by atoms with E-state index in [2.05, 4.69) is 5.10 Å². The summed E-state index contributed by atoms with van der Waals surface area (Å²) in [5.41, 5.74) is 4.62. The number of rotatable bonds is 7. The molecule has 0 aliphatic carbocycles. The zero-order chi connectivity index (χ0) is 24.6. The third-order valence-electron chi connectivity index (χ3n) is 6.45. The largest absolute Gasteiger partial charge is 0.454 e. The number of aryl methyl sites for hydroxylation is 2. The Hall–Kier alpha value is -3.20. The average molecular weight is 484 g/mol. The minimum Gasteiger partial charge on any atom is -0.454 e. The lowest BCUT2D eigenvalue weighted by Crippen LogP contribution is -2.17. The number of hydrogen-bond acceptors (Lipinski definition) is 6. The van der Waals surface area contributed by atoms with E-state index in [9.17, 15) is 18.0 Å². The van der Waals surface area contributed by atoms with E-state index in [-0.39, 0.29) is 23.3 Å². The second-order valence-electron chi connectivity index (χ2n) is 8.90. The zero-order valence-electron chi connectivity index (χ0n) is 19.9. The third-order valence-corrected chi connectivity index (χ3v) is 8.20. The number of ether oxygens (including phenoxy) is 1. The molecular formula is C25H29N3O5S. The molecule has 1 saturated heterocycles. The highest BCUT2D eigenvalue weighted by Gasteiger charge is 2.32. The van der Waals surface area contributed by atoms with Crippen LogP contribution in [0.1, 0.15) is 61.5 Å².